The van der Waals surface area contributed by atoms with Crippen molar-refractivity contribution in [1.82, 2.24) is 0 Å². The van der Waals surface area contributed by atoms with Gasteiger partial charge < -0.3 is 10.2 Å². The Morgan fingerprint density at radius 1 is 1.23 bits per heavy atom. The van der Waals surface area contributed by atoms with E-state index in [1.807, 2.05) is 20.8 Å². The fourth-order valence-electron chi connectivity index (χ4n) is 2.76. The number of allylic oxidation sites excluding steroid dienone is 5. The van der Waals surface area contributed by atoms with Crippen molar-refractivity contribution in [2.45, 2.75) is 54.4 Å². The molecule has 1 aliphatic carbocycles. The van der Waals surface area contributed by atoms with Gasteiger partial charge in [0.15, 0.2) is 0 Å². The number of hydrogen-bond acceptors (Lipinski definition) is 2. The molecule has 1 aliphatic rings. The van der Waals surface area contributed by atoms with Gasteiger partial charge in [-0.3, -0.25) is 0 Å². The molecule has 0 spiro atoms. The molecule has 0 aromatic rings. The molecule has 126 valence electrons. The molecule has 2 N–H and O–H groups in total. The minimum absolute atomic E-state index is 0. The van der Waals surface area contributed by atoms with Gasteiger partial charge in [-0.25, -0.2) is 0 Å². The minimum atomic E-state index is -0.234. The van der Waals surface area contributed by atoms with E-state index >= 15 is 0 Å². The first-order chi connectivity index (χ1) is 9.91. The van der Waals surface area contributed by atoms with E-state index in [9.17, 15) is 10.2 Å². The van der Waals surface area contributed by atoms with Crippen LogP contribution in [0.1, 0.15) is 57.2 Å². The average Bonchev–Trinajstić information content (AvgIpc) is 2.35. The Labute approximate surface area is 138 Å². The van der Waals surface area contributed by atoms with Crippen LogP contribution < -0.4 is 0 Å². The zero-order valence-electron chi connectivity index (χ0n) is 14.9. The second-order valence-electron chi connectivity index (χ2n) is 7.93. The van der Waals surface area contributed by atoms with Gasteiger partial charge in [0, 0.05) is 14.0 Å². The summed E-state index contributed by atoms with van der Waals surface area (Å²) >= 11 is 0. The van der Waals surface area contributed by atoms with E-state index in [-0.39, 0.29) is 25.2 Å². The standard InChI is InChI=1S/C20H30O2.2H2/c1-9-15(19(3,4)5)17(21)13(2)14-11-10-12-16(18(14)22)20(6,7)8;;/h9,12,21-22H,1-2,10-11H2,3-8H3;2*1H/b17-15-;;. The smallest absolute Gasteiger partial charge is 0.126 e. The van der Waals surface area contributed by atoms with E-state index in [2.05, 4.69) is 40.0 Å². The quantitative estimate of drug-likeness (QED) is 0.452. The Morgan fingerprint density at radius 2 is 1.77 bits per heavy atom. The van der Waals surface area contributed by atoms with Crippen LogP contribution in [0.15, 0.2) is 59.1 Å². The highest BCUT2D eigenvalue weighted by Crippen LogP contribution is 2.40. The Bertz CT molecular complexity index is 580. The SMILES string of the molecule is C=C/C(=C(/O)C(=C)C1=C(O)C(C(C)(C)C)=CCC1)C(C)(C)C.[HH].[HH]. The Hall–Kier alpha value is -1.70. The van der Waals surface area contributed by atoms with E-state index < -0.39 is 0 Å². The van der Waals surface area contributed by atoms with Crippen LogP contribution in [0.25, 0.3) is 0 Å². The molecule has 0 atom stereocenters. The zero-order valence-corrected chi connectivity index (χ0v) is 14.9. The van der Waals surface area contributed by atoms with Gasteiger partial charge in [-0.15, -0.1) is 0 Å². The van der Waals surface area contributed by atoms with Gasteiger partial charge in [0.05, 0.1) is 0 Å². The van der Waals surface area contributed by atoms with Crippen molar-refractivity contribution >= 4 is 0 Å². The monoisotopic (exact) mass is 306 g/mol. The molecular formula is C20H34O2. The van der Waals surface area contributed by atoms with Crippen LogP contribution in [0.2, 0.25) is 0 Å². The van der Waals surface area contributed by atoms with Crippen molar-refractivity contribution in [3.05, 3.63) is 59.1 Å². The number of aliphatic hydroxyl groups excluding tert-OH is 2. The largest absolute Gasteiger partial charge is 0.507 e. The first-order valence-corrected chi connectivity index (χ1v) is 7.80. The van der Waals surface area contributed by atoms with Crippen LogP contribution in [0, 0.1) is 10.8 Å². The summed E-state index contributed by atoms with van der Waals surface area (Å²) < 4.78 is 0. The molecule has 1 rings (SSSR count). The minimum Gasteiger partial charge on any atom is -0.507 e. The second kappa shape index (κ2) is 6.20. The molecule has 0 bridgehead atoms. The van der Waals surface area contributed by atoms with Crippen LogP contribution in [-0.2, 0) is 0 Å². The number of aliphatic hydroxyl groups is 2. The lowest BCUT2D eigenvalue weighted by atomic mass is 9.78. The second-order valence-corrected chi connectivity index (χ2v) is 7.93. The molecule has 0 aromatic carbocycles. The molecule has 0 saturated carbocycles. The first kappa shape index (κ1) is 18.3. The van der Waals surface area contributed by atoms with Crippen molar-refractivity contribution < 1.29 is 13.1 Å². The molecule has 22 heavy (non-hydrogen) atoms. The highest BCUT2D eigenvalue weighted by Gasteiger charge is 2.28. The Morgan fingerprint density at radius 3 is 2.18 bits per heavy atom. The molecule has 0 amide bonds. The molecular weight excluding hydrogens is 272 g/mol. The summed E-state index contributed by atoms with van der Waals surface area (Å²) in [6.45, 7) is 20.1. The van der Waals surface area contributed by atoms with Gasteiger partial charge >= 0.3 is 0 Å². The molecule has 0 aromatic heterocycles. The molecule has 0 heterocycles. The maximum atomic E-state index is 10.6. The normalized spacial score (nSPS) is 17.8. The summed E-state index contributed by atoms with van der Waals surface area (Å²) in [6, 6.07) is 0. The van der Waals surface area contributed by atoms with Crippen molar-refractivity contribution in [2.75, 3.05) is 0 Å². The third-order valence-electron chi connectivity index (χ3n) is 4.01. The molecule has 0 radical (unpaired) electrons. The highest BCUT2D eigenvalue weighted by atomic mass is 16.3. The predicted octanol–water partition coefficient (Wildman–Crippen LogP) is 6.66. The average molecular weight is 306 g/mol. The maximum absolute atomic E-state index is 10.6. The molecule has 0 fully saturated rings. The lowest BCUT2D eigenvalue weighted by molar-refractivity contribution is 0.360. The summed E-state index contributed by atoms with van der Waals surface area (Å²) in [7, 11) is 0. The molecule has 2 nitrogen and oxygen atoms in total. The Balaban J connectivity index is 0. The van der Waals surface area contributed by atoms with Gasteiger partial charge in [0.1, 0.15) is 11.5 Å². The zero-order chi connectivity index (χ0) is 17.3. The topological polar surface area (TPSA) is 40.5 Å². The van der Waals surface area contributed by atoms with Gasteiger partial charge in [0.25, 0.3) is 0 Å². The first-order valence-electron chi connectivity index (χ1n) is 7.80. The summed E-state index contributed by atoms with van der Waals surface area (Å²) in [6.07, 6.45) is 5.27. The highest BCUT2D eigenvalue weighted by molar-refractivity contribution is 5.53. The molecule has 0 aliphatic heterocycles. The van der Waals surface area contributed by atoms with Crippen LogP contribution in [0.5, 0.6) is 0 Å². The van der Waals surface area contributed by atoms with Crippen molar-refractivity contribution in [1.29, 1.82) is 0 Å². The summed E-state index contributed by atoms with van der Waals surface area (Å²) in [5, 5.41) is 21.2. The van der Waals surface area contributed by atoms with E-state index in [1.54, 1.807) is 6.08 Å². The fraction of sp³-hybridized carbons (Fsp3) is 0.500. The third-order valence-corrected chi connectivity index (χ3v) is 4.01. The Kier molecular flexibility index (Phi) is 5.17. The van der Waals surface area contributed by atoms with Crippen LogP contribution in [0.3, 0.4) is 0 Å². The molecule has 0 unspecified atom stereocenters. The van der Waals surface area contributed by atoms with E-state index in [0.717, 1.165) is 23.1 Å². The van der Waals surface area contributed by atoms with Crippen LogP contribution in [-0.4, -0.2) is 10.2 Å². The van der Waals surface area contributed by atoms with Crippen LogP contribution >= 0.6 is 0 Å². The lowest BCUT2D eigenvalue weighted by Gasteiger charge is -2.29. The van der Waals surface area contributed by atoms with Gasteiger partial charge in [0.2, 0.25) is 0 Å². The lowest BCUT2D eigenvalue weighted by Crippen LogP contribution is -2.17. The third kappa shape index (κ3) is 3.73. The van der Waals surface area contributed by atoms with Gasteiger partial charge in [-0.1, -0.05) is 66.9 Å². The van der Waals surface area contributed by atoms with Gasteiger partial charge in [-0.05, 0) is 34.8 Å². The van der Waals surface area contributed by atoms with Crippen LogP contribution in [0.4, 0.5) is 0 Å². The fourth-order valence-corrected chi connectivity index (χ4v) is 2.76. The maximum Gasteiger partial charge on any atom is 0.126 e. The number of rotatable bonds is 3. The van der Waals surface area contributed by atoms with E-state index in [0.29, 0.717) is 12.0 Å². The van der Waals surface area contributed by atoms with Crippen molar-refractivity contribution in [2.24, 2.45) is 10.8 Å². The summed E-state index contributed by atoms with van der Waals surface area (Å²) in [5.74, 6) is 0.381. The molecule has 0 saturated heterocycles. The van der Waals surface area contributed by atoms with E-state index in [4.69, 9.17) is 0 Å². The predicted molar refractivity (Wildman–Crippen MR) is 99.1 cm³/mol. The van der Waals surface area contributed by atoms with Crippen molar-refractivity contribution in [3.63, 3.8) is 0 Å². The number of hydrogen-bond donors (Lipinski definition) is 2. The van der Waals surface area contributed by atoms with Crippen molar-refractivity contribution in [3.8, 4) is 0 Å². The summed E-state index contributed by atoms with van der Waals surface area (Å²) in [5.41, 5.74) is 2.51. The molecule has 2 heteroatoms. The van der Waals surface area contributed by atoms with Gasteiger partial charge in [-0.2, -0.15) is 0 Å². The summed E-state index contributed by atoms with van der Waals surface area (Å²) in [4.78, 5) is 0. The van der Waals surface area contributed by atoms with E-state index in [1.165, 1.54) is 0 Å².